The Bertz CT molecular complexity index is 619. The highest BCUT2D eigenvalue weighted by atomic mass is 16.2. The van der Waals surface area contributed by atoms with Crippen LogP contribution >= 0.6 is 0 Å². The maximum Gasteiger partial charge on any atom is 0.252 e. The monoisotopic (exact) mass is 359 g/mol. The van der Waals surface area contributed by atoms with Crippen LogP contribution in [0.5, 0.6) is 0 Å². The lowest BCUT2D eigenvalue weighted by atomic mass is 10.0. The molecule has 1 aliphatic rings. The molecule has 2 rings (SSSR count). The number of benzene rings is 1. The van der Waals surface area contributed by atoms with Crippen molar-refractivity contribution >= 4 is 11.8 Å². The van der Waals surface area contributed by atoms with Crippen molar-refractivity contribution in [3.05, 3.63) is 35.4 Å². The lowest BCUT2D eigenvalue weighted by Gasteiger charge is -2.37. The van der Waals surface area contributed by atoms with Crippen molar-refractivity contribution in [2.45, 2.75) is 40.7 Å². The van der Waals surface area contributed by atoms with Gasteiger partial charge in [-0.2, -0.15) is 0 Å². The molecule has 0 aliphatic carbocycles. The number of amides is 2. The Morgan fingerprint density at radius 1 is 1.04 bits per heavy atom. The van der Waals surface area contributed by atoms with Gasteiger partial charge < -0.3 is 10.2 Å². The summed E-state index contributed by atoms with van der Waals surface area (Å²) in [5.74, 6) is 0.540. The molecule has 26 heavy (non-hydrogen) atoms. The van der Waals surface area contributed by atoms with E-state index >= 15 is 0 Å². The van der Waals surface area contributed by atoms with Crippen LogP contribution in [-0.4, -0.2) is 60.4 Å². The summed E-state index contributed by atoms with van der Waals surface area (Å²) < 4.78 is 0. The van der Waals surface area contributed by atoms with Crippen molar-refractivity contribution < 1.29 is 9.59 Å². The molecule has 0 radical (unpaired) electrons. The molecule has 1 atom stereocenters. The second-order valence-electron chi connectivity index (χ2n) is 8.03. The first kappa shape index (κ1) is 20.4. The van der Waals surface area contributed by atoms with Crippen LogP contribution in [0.2, 0.25) is 0 Å². The minimum Gasteiger partial charge on any atom is -0.340 e. The smallest absolute Gasteiger partial charge is 0.252 e. The number of piperazine rings is 1. The van der Waals surface area contributed by atoms with E-state index < -0.39 is 6.04 Å². The molecular formula is C21H33N3O2. The van der Waals surface area contributed by atoms with Gasteiger partial charge in [0.25, 0.3) is 5.91 Å². The van der Waals surface area contributed by atoms with E-state index in [4.69, 9.17) is 0 Å². The molecule has 1 aromatic rings. The summed E-state index contributed by atoms with van der Waals surface area (Å²) >= 11 is 0. The highest BCUT2D eigenvalue weighted by Gasteiger charge is 2.31. The molecule has 1 aromatic carbocycles. The summed E-state index contributed by atoms with van der Waals surface area (Å²) in [5, 5.41) is 2.97. The van der Waals surface area contributed by atoms with Crippen LogP contribution in [0.4, 0.5) is 0 Å². The van der Waals surface area contributed by atoms with E-state index in [-0.39, 0.29) is 17.7 Å². The first-order chi connectivity index (χ1) is 12.3. The number of hydrogen-bond donors (Lipinski definition) is 1. The van der Waals surface area contributed by atoms with Crippen LogP contribution in [0.3, 0.4) is 0 Å². The van der Waals surface area contributed by atoms with Gasteiger partial charge in [-0.3, -0.25) is 14.5 Å². The van der Waals surface area contributed by atoms with Crippen molar-refractivity contribution in [1.29, 1.82) is 0 Å². The van der Waals surface area contributed by atoms with Gasteiger partial charge in [-0.15, -0.1) is 0 Å². The summed E-state index contributed by atoms with van der Waals surface area (Å²) in [4.78, 5) is 30.0. The van der Waals surface area contributed by atoms with E-state index in [0.717, 1.165) is 38.3 Å². The third kappa shape index (κ3) is 5.31. The van der Waals surface area contributed by atoms with Crippen molar-refractivity contribution in [3.63, 3.8) is 0 Å². The predicted octanol–water partition coefficient (Wildman–Crippen LogP) is 2.55. The van der Waals surface area contributed by atoms with E-state index in [1.807, 2.05) is 43.9 Å². The molecule has 1 unspecified atom stereocenters. The predicted molar refractivity (Wildman–Crippen MR) is 105 cm³/mol. The fourth-order valence-corrected chi connectivity index (χ4v) is 3.42. The quantitative estimate of drug-likeness (QED) is 0.849. The number of carbonyl (C=O) groups is 2. The van der Waals surface area contributed by atoms with Gasteiger partial charge in [0.2, 0.25) is 5.91 Å². The van der Waals surface area contributed by atoms with Crippen LogP contribution in [0.25, 0.3) is 0 Å². The minimum absolute atomic E-state index is 0.0335. The zero-order valence-corrected chi connectivity index (χ0v) is 16.8. The molecule has 5 nitrogen and oxygen atoms in total. The Morgan fingerprint density at radius 3 is 2.19 bits per heavy atom. The van der Waals surface area contributed by atoms with E-state index in [1.54, 1.807) is 6.07 Å². The van der Waals surface area contributed by atoms with Crippen LogP contribution in [0.1, 0.15) is 43.6 Å². The number of aryl methyl sites for hydroxylation is 1. The summed E-state index contributed by atoms with van der Waals surface area (Å²) in [6.45, 7) is 14.6. The molecule has 144 valence electrons. The molecule has 0 saturated carbocycles. The minimum atomic E-state index is -0.487. The molecule has 0 aromatic heterocycles. The normalized spacial score (nSPS) is 16.8. The second-order valence-corrected chi connectivity index (χ2v) is 8.03. The fraction of sp³-hybridized carbons (Fsp3) is 0.619. The highest BCUT2D eigenvalue weighted by Crippen LogP contribution is 2.13. The van der Waals surface area contributed by atoms with Crippen molar-refractivity contribution in [3.8, 4) is 0 Å². The van der Waals surface area contributed by atoms with Gasteiger partial charge in [-0.25, -0.2) is 0 Å². The van der Waals surface area contributed by atoms with E-state index in [1.165, 1.54) is 0 Å². The van der Waals surface area contributed by atoms with E-state index in [0.29, 0.717) is 11.5 Å². The molecule has 1 N–H and O–H groups in total. The highest BCUT2D eigenvalue weighted by molar-refractivity contribution is 5.98. The Labute approximate surface area is 157 Å². The van der Waals surface area contributed by atoms with E-state index in [2.05, 4.69) is 24.1 Å². The maximum absolute atomic E-state index is 13.0. The van der Waals surface area contributed by atoms with Crippen LogP contribution in [-0.2, 0) is 4.79 Å². The average Bonchev–Trinajstić information content (AvgIpc) is 2.59. The van der Waals surface area contributed by atoms with Gasteiger partial charge in [0, 0.05) is 38.3 Å². The summed E-state index contributed by atoms with van der Waals surface area (Å²) in [7, 11) is 0. The lowest BCUT2D eigenvalue weighted by molar-refractivity contribution is -0.136. The largest absolute Gasteiger partial charge is 0.340 e. The van der Waals surface area contributed by atoms with Gasteiger partial charge in [0.05, 0.1) is 0 Å². The van der Waals surface area contributed by atoms with Crippen LogP contribution < -0.4 is 5.32 Å². The first-order valence-electron chi connectivity index (χ1n) is 9.67. The molecule has 5 heteroatoms. The summed E-state index contributed by atoms with van der Waals surface area (Å²) in [5.41, 5.74) is 1.55. The summed E-state index contributed by atoms with van der Waals surface area (Å²) in [6.07, 6.45) is 0. The average molecular weight is 360 g/mol. The van der Waals surface area contributed by atoms with Crippen LogP contribution in [0, 0.1) is 18.8 Å². The fourth-order valence-electron chi connectivity index (χ4n) is 3.42. The maximum atomic E-state index is 13.0. The number of nitrogens with zero attached hydrogens (tertiary/aromatic N) is 2. The van der Waals surface area contributed by atoms with Gasteiger partial charge in [0.1, 0.15) is 6.04 Å². The standard InChI is InChI=1S/C21H33N3O2/c1-15(2)14-23-10-12-24(13-11-23)21(26)19(16(3)4)22-20(25)18-9-7-6-8-17(18)5/h6-9,15-16,19H,10-14H2,1-5H3,(H,22,25). The molecule has 1 heterocycles. The molecule has 1 saturated heterocycles. The Balaban J connectivity index is 2.00. The van der Waals surface area contributed by atoms with Crippen molar-refractivity contribution in [1.82, 2.24) is 15.1 Å². The lowest BCUT2D eigenvalue weighted by Crippen LogP contribution is -2.56. The number of rotatable bonds is 6. The number of hydrogen-bond acceptors (Lipinski definition) is 3. The van der Waals surface area contributed by atoms with Crippen LogP contribution in [0.15, 0.2) is 24.3 Å². The molecule has 2 amide bonds. The molecule has 0 bridgehead atoms. The molecule has 0 spiro atoms. The number of carbonyl (C=O) groups excluding carboxylic acids is 2. The third-order valence-corrected chi connectivity index (χ3v) is 4.92. The van der Waals surface area contributed by atoms with E-state index in [9.17, 15) is 9.59 Å². The van der Waals surface area contributed by atoms with Crippen molar-refractivity contribution in [2.24, 2.45) is 11.8 Å². The Morgan fingerprint density at radius 2 is 1.65 bits per heavy atom. The SMILES string of the molecule is Cc1ccccc1C(=O)NC(C(=O)N1CCN(CC(C)C)CC1)C(C)C. The van der Waals surface area contributed by atoms with Gasteiger partial charge >= 0.3 is 0 Å². The van der Waals surface area contributed by atoms with Crippen molar-refractivity contribution in [2.75, 3.05) is 32.7 Å². The van der Waals surface area contributed by atoms with Gasteiger partial charge in [-0.05, 0) is 30.4 Å². The zero-order valence-electron chi connectivity index (χ0n) is 16.8. The zero-order chi connectivity index (χ0) is 19.3. The summed E-state index contributed by atoms with van der Waals surface area (Å²) in [6, 6.07) is 6.99. The van der Waals surface area contributed by atoms with Gasteiger partial charge in [0.15, 0.2) is 0 Å². The van der Waals surface area contributed by atoms with Gasteiger partial charge in [-0.1, -0.05) is 45.9 Å². The first-order valence-corrected chi connectivity index (χ1v) is 9.67. The second kappa shape index (κ2) is 9.17. The topological polar surface area (TPSA) is 52.7 Å². The molecular weight excluding hydrogens is 326 g/mol. The third-order valence-electron chi connectivity index (χ3n) is 4.92. The number of nitrogens with one attached hydrogen (secondary N) is 1. The molecule has 1 aliphatic heterocycles. The Hall–Kier alpha value is -1.88. The molecule has 1 fully saturated rings. The Kier molecular flexibility index (Phi) is 7.21.